The van der Waals surface area contributed by atoms with Crippen LogP contribution in [0.3, 0.4) is 0 Å². The number of piperidine rings is 2. The van der Waals surface area contributed by atoms with Gasteiger partial charge in [-0.15, -0.1) is 0 Å². The highest BCUT2D eigenvalue weighted by Gasteiger charge is 2.45. The molecule has 2 aromatic carbocycles. The van der Waals surface area contributed by atoms with Crippen LogP contribution in [0.15, 0.2) is 60.7 Å². The Morgan fingerprint density at radius 2 is 0.696 bits per heavy atom. The van der Waals surface area contributed by atoms with Crippen molar-refractivity contribution in [2.45, 2.75) is 315 Å². The Labute approximate surface area is 482 Å². The molecule has 10 nitrogen and oxygen atoms in total. The molecule has 0 N–H and O–H groups in total. The molecule has 79 heavy (non-hydrogen) atoms. The number of rotatable bonds is 40. The molecule has 0 aromatic heterocycles. The molecule has 10 heteroatoms. The lowest BCUT2D eigenvalue weighted by molar-refractivity contribution is -0.311. The summed E-state index contributed by atoms with van der Waals surface area (Å²) in [5, 5.41) is 24.4. The van der Waals surface area contributed by atoms with E-state index < -0.39 is 23.0 Å². The molecule has 2 aromatic rings. The first-order chi connectivity index (χ1) is 37.6. The number of hydrogen-bond donors (Lipinski definition) is 0. The van der Waals surface area contributed by atoms with E-state index in [1.807, 2.05) is 74.5 Å². The number of hydroxylamine groups is 4. The molecule has 0 amide bonds. The fraction of sp³-hybridized carbons (Fsp3) is 0.768. The van der Waals surface area contributed by atoms with Crippen LogP contribution < -0.4 is 0 Å². The van der Waals surface area contributed by atoms with Gasteiger partial charge in [-0.2, -0.15) is 20.7 Å². The Morgan fingerprint density at radius 3 is 0.949 bits per heavy atom. The average Bonchev–Trinajstić information content (AvgIpc) is 3.59. The molecular weight excluding hydrogens is 981 g/mol. The molecule has 2 aliphatic heterocycles. The van der Waals surface area contributed by atoms with Gasteiger partial charge < -0.3 is 9.47 Å². The second-order valence-corrected chi connectivity index (χ2v) is 27.2. The normalized spacial score (nSPS) is 19.2. The van der Waals surface area contributed by atoms with E-state index in [4.69, 9.17) is 19.1 Å². The standard InChI is InChI=1S/C69H112N4O6/c1-64(2)46-38-47-65(3,4)72(64)78-60(58-40-32-30-33-41-58)54-76-62(74)44-52-68(9,56-70)50-36-28-26-24-22-20-18-16-14-12-11-13-15-17-19-21-23-25-27-29-37-51-69(10,57-71)53-45-63(75)77-55-61(59-42-34-31-35-43-59)79-73-66(5,6)48-39-49-67(73,7)8/h30-35,40-43,60-61H,11-29,36-39,44-55H2,1-10H3. The van der Waals surface area contributed by atoms with Crippen molar-refractivity contribution in [2.75, 3.05) is 13.2 Å². The van der Waals surface area contributed by atoms with Crippen molar-refractivity contribution >= 4 is 11.9 Å². The monoisotopic (exact) mass is 1090 g/mol. The third-order valence-electron chi connectivity index (χ3n) is 17.7. The van der Waals surface area contributed by atoms with Gasteiger partial charge in [-0.05, 0) is 145 Å². The summed E-state index contributed by atoms with van der Waals surface area (Å²) in [6, 6.07) is 25.1. The summed E-state index contributed by atoms with van der Waals surface area (Å²) in [5.41, 5.74) is 0.408. The van der Waals surface area contributed by atoms with E-state index in [1.165, 1.54) is 109 Å². The van der Waals surface area contributed by atoms with Gasteiger partial charge in [0.25, 0.3) is 0 Å². The number of nitriles is 2. The van der Waals surface area contributed by atoms with Gasteiger partial charge in [0.2, 0.25) is 0 Å². The van der Waals surface area contributed by atoms with Crippen molar-refractivity contribution in [3.63, 3.8) is 0 Å². The Bertz CT molecular complexity index is 1920. The van der Waals surface area contributed by atoms with Gasteiger partial charge >= 0.3 is 11.9 Å². The topological polar surface area (TPSA) is 125 Å². The number of carbonyl (C=O) groups is 2. The smallest absolute Gasteiger partial charge is 0.305 e. The highest BCUT2D eigenvalue weighted by Crippen LogP contribution is 2.42. The van der Waals surface area contributed by atoms with E-state index in [9.17, 15) is 20.1 Å². The Hall–Kier alpha value is -3.80. The quantitative estimate of drug-likeness (QED) is 0.0470. The maximum atomic E-state index is 13.1. The fourth-order valence-corrected chi connectivity index (χ4v) is 12.6. The summed E-state index contributed by atoms with van der Waals surface area (Å²) >= 11 is 0. The van der Waals surface area contributed by atoms with Crippen LogP contribution in [0, 0.1) is 33.5 Å². The summed E-state index contributed by atoms with van der Waals surface area (Å²) in [6.07, 6.45) is 35.5. The molecule has 2 fully saturated rings. The molecule has 444 valence electrons. The zero-order valence-electron chi connectivity index (χ0n) is 51.9. The second-order valence-electron chi connectivity index (χ2n) is 27.2. The van der Waals surface area contributed by atoms with Crippen LogP contribution in [0.2, 0.25) is 0 Å². The number of nitrogens with zero attached hydrogens (tertiary/aromatic N) is 4. The molecule has 2 heterocycles. The van der Waals surface area contributed by atoms with E-state index in [-0.39, 0.29) is 60.1 Å². The van der Waals surface area contributed by atoms with Crippen LogP contribution in [0.1, 0.15) is 304 Å². The summed E-state index contributed by atoms with van der Waals surface area (Å²) in [4.78, 5) is 39.5. The van der Waals surface area contributed by atoms with Crippen LogP contribution in [0.4, 0.5) is 0 Å². The van der Waals surface area contributed by atoms with Gasteiger partial charge in [-0.3, -0.25) is 19.3 Å². The summed E-state index contributed by atoms with van der Waals surface area (Å²) in [5.74, 6) is -0.534. The third kappa shape index (κ3) is 25.1. The molecule has 0 radical (unpaired) electrons. The summed E-state index contributed by atoms with van der Waals surface area (Å²) in [7, 11) is 0. The maximum Gasteiger partial charge on any atom is 0.305 e. The Kier molecular flexibility index (Phi) is 29.6. The number of hydrogen-bond acceptors (Lipinski definition) is 10. The van der Waals surface area contributed by atoms with Crippen LogP contribution in [0.25, 0.3) is 0 Å². The molecule has 2 saturated heterocycles. The number of benzene rings is 2. The van der Waals surface area contributed by atoms with E-state index in [2.05, 4.69) is 77.7 Å². The SMILES string of the molecule is CC(C#N)(CCCCCCCCCCCCCCCCCCCCCCCC(C)(C#N)CCC(=O)OCC(ON1C(C)(C)CCCC1(C)C)c1ccccc1)CCC(=O)OCC(ON1C(C)(C)CCCC1(C)C)c1ccccc1. The molecule has 4 rings (SSSR count). The minimum absolute atomic E-state index is 0.129. The predicted molar refractivity (Wildman–Crippen MR) is 322 cm³/mol. The molecule has 0 saturated carbocycles. The van der Waals surface area contributed by atoms with Gasteiger partial charge in [0, 0.05) is 35.0 Å². The van der Waals surface area contributed by atoms with Gasteiger partial charge in [0.1, 0.15) is 25.4 Å². The fourth-order valence-electron chi connectivity index (χ4n) is 12.6. The lowest BCUT2D eigenvalue weighted by atomic mass is 9.82. The highest BCUT2D eigenvalue weighted by atomic mass is 16.7. The van der Waals surface area contributed by atoms with Crippen molar-refractivity contribution < 1.29 is 28.7 Å². The zero-order valence-corrected chi connectivity index (χ0v) is 51.9. The molecule has 0 spiro atoms. The zero-order chi connectivity index (χ0) is 57.7. The molecule has 0 aliphatic carbocycles. The first-order valence-electron chi connectivity index (χ1n) is 31.8. The molecule has 4 unspecified atom stereocenters. The third-order valence-corrected chi connectivity index (χ3v) is 17.7. The lowest BCUT2D eigenvalue weighted by Gasteiger charge is -2.52. The highest BCUT2D eigenvalue weighted by molar-refractivity contribution is 5.70. The molecule has 4 atom stereocenters. The largest absolute Gasteiger partial charge is 0.462 e. The minimum Gasteiger partial charge on any atom is -0.462 e. The minimum atomic E-state index is -0.525. The van der Waals surface area contributed by atoms with E-state index in [0.29, 0.717) is 12.8 Å². The number of esters is 2. The number of carbonyl (C=O) groups excluding carboxylic acids is 2. The first-order valence-corrected chi connectivity index (χ1v) is 31.8. The molecule has 0 bridgehead atoms. The molecular formula is C69H112N4O6. The Balaban J connectivity index is 0.928. The van der Waals surface area contributed by atoms with Crippen LogP contribution in [0.5, 0.6) is 0 Å². The molecule has 2 aliphatic rings. The van der Waals surface area contributed by atoms with Crippen molar-refractivity contribution in [3.8, 4) is 12.1 Å². The first kappa shape index (κ1) is 67.7. The van der Waals surface area contributed by atoms with Crippen LogP contribution in [-0.2, 0) is 28.7 Å². The predicted octanol–water partition coefficient (Wildman–Crippen LogP) is 19.1. The van der Waals surface area contributed by atoms with Gasteiger partial charge in [-0.25, -0.2) is 0 Å². The van der Waals surface area contributed by atoms with Crippen LogP contribution in [-0.4, -0.2) is 57.4 Å². The maximum absolute atomic E-state index is 13.1. The Morgan fingerprint density at radius 1 is 0.443 bits per heavy atom. The van der Waals surface area contributed by atoms with Gasteiger partial charge in [0.15, 0.2) is 0 Å². The van der Waals surface area contributed by atoms with E-state index >= 15 is 0 Å². The van der Waals surface area contributed by atoms with E-state index in [0.717, 1.165) is 88.2 Å². The summed E-state index contributed by atoms with van der Waals surface area (Å²) < 4.78 is 11.7. The van der Waals surface area contributed by atoms with Crippen molar-refractivity contribution in [3.05, 3.63) is 71.8 Å². The number of ether oxygens (including phenoxy) is 2. The number of unbranched alkanes of at least 4 members (excludes halogenated alkanes) is 20. The van der Waals surface area contributed by atoms with Gasteiger partial charge in [-0.1, -0.05) is 196 Å². The summed E-state index contributed by atoms with van der Waals surface area (Å²) in [6.45, 7) is 22.1. The second kappa shape index (κ2) is 34.6. The van der Waals surface area contributed by atoms with Crippen molar-refractivity contribution in [1.29, 1.82) is 10.5 Å². The lowest BCUT2D eigenvalue weighted by Crippen LogP contribution is -2.58. The van der Waals surface area contributed by atoms with Crippen LogP contribution >= 0.6 is 0 Å². The average molecular weight is 1090 g/mol. The van der Waals surface area contributed by atoms with Gasteiger partial charge in [0.05, 0.1) is 23.0 Å². The van der Waals surface area contributed by atoms with Crippen molar-refractivity contribution in [2.24, 2.45) is 10.8 Å². The van der Waals surface area contributed by atoms with Crippen molar-refractivity contribution in [1.82, 2.24) is 10.1 Å². The van der Waals surface area contributed by atoms with E-state index in [1.54, 1.807) is 0 Å².